The average molecular weight is 314 g/mol. The van der Waals surface area contributed by atoms with Gasteiger partial charge < -0.3 is 15.2 Å². The number of hydrogen-bond donors (Lipinski definition) is 2. The predicted molar refractivity (Wildman–Crippen MR) is 91.9 cm³/mol. The number of aryl methyl sites for hydroxylation is 1. The summed E-state index contributed by atoms with van der Waals surface area (Å²) in [6.45, 7) is 4.85. The van der Waals surface area contributed by atoms with Gasteiger partial charge in [-0.3, -0.25) is 4.79 Å². The van der Waals surface area contributed by atoms with Crippen LogP contribution < -0.4 is 10.6 Å². The molecule has 1 unspecified atom stereocenters. The van der Waals surface area contributed by atoms with Crippen LogP contribution in [-0.4, -0.2) is 28.5 Å². The minimum atomic E-state index is 0.128. The SMILES string of the molecule is CC(CC(=O)NCc1nc2ccccc2n1C)C1CCNCC1. The lowest BCUT2D eigenvalue weighted by molar-refractivity contribution is -0.122. The monoisotopic (exact) mass is 314 g/mol. The summed E-state index contributed by atoms with van der Waals surface area (Å²) in [5.41, 5.74) is 2.07. The van der Waals surface area contributed by atoms with Crippen LogP contribution in [0, 0.1) is 11.8 Å². The van der Waals surface area contributed by atoms with E-state index in [9.17, 15) is 4.79 Å². The summed E-state index contributed by atoms with van der Waals surface area (Å²) in [5.74, 6) is 2.13. The molecule has 2 aromatic rings. The predicted octanol–water partition coefficient (Wildman–Crippen LogP) is 2.22. The first-order chi connectivity index (χ1) is 11.1. The molecule has 0 radical (unpaired) electrons. The minimum Gasteiger partial charge on any atom is -0.349 e. The molecule has 1 amide bonds. The normalized spacial score (nSPS) is 17.3. The molecule has 1 saturated heterocycles. The van der Waals surface area contributed by atoms with E-state index in [1.807, 2.05) is 35.9 Å². The molecule has 1 aromatic carbocycles. The maximum atomic E-state index is 12.2. The van der Waals surface area contributed by atoms with Crippen molar-refractivity contribution >= 4 is 16.9 Å². The highest BCUT2D eigenvalue weighted by Crippen LogP contribution is 2.24. The number of fused-ring (bicyclic) bond motifs is 1. The highest BCUT2D eigenvalue weighted by Gasteiger charge is 2.22. The van der Waals surface area contributed by atoms with Crippen molar-refractivity contribution < 1.29 is 4.79 Å². The van der Waals surface area contributed by atoms with Gasteiger partial charge in [-0.1, -0.05) is 19.1 Å². The summed E-state index contributed by atoms with van der Waals surface area (Å²) in [6.07, 6.45) is 2.97. The first kappa shape index (κ1) is 16.0. The highest BCUT2D eigenvalue weighted by molar-refractivity contribution is 5.77. The van der Waals surface area contributed by atoms with E-state index in [-0.39, 0.29) is 5.91 Å². The molecule has 5 nitrogen and oxygen atoms in total. The smallest absolute Gasteiger partial charge is 0.220 e. The van der Waals surface area contributed by atoms with Gasteiger partial charge in [0.15, 0.2) is 0 Å². The molecule has 1 atom stereocenters. The van der Waals surface area contributed by atoms with Crippen molar-refractivity contribution in [1.29, 1.82) is 0 Å². The summed E-state index contributed by atoms with van der Waals surface area (Å²) >= 11 is 0. The molecule has 23 heavy (non-hydrogen) atoms. The number of aromatic nitrogens is 2. The number of rotatable bonds is 5. The number of carbonyl (C=O) groups excluding carboxylic acids is 1. The number of nitrogens with one attached hydrogen (secondary N) is 2. The van der Waals surface area contributed by atoms with Crippen LogP contribution in [0.4, 0.5) is 0 Å². The van der Waals surface area contributed by atoms with Gasteiger partial charge in [0.25, 0.3) is 0 Å². The molecule has 1 aliphatic heterocycles. The van der Waals surface area contributed by atoms with Crippen molar-refractivity contribution in [2.75, 3.05) is 13.1 Å². The molecule has 0 spiro atoms. The van der Waals surface area contributed by atoms with Crippen LogP contribution in [0.2, 0.25) is 0 Å². The van der Waals surface area contributed by atoms with Crippen molar-refractivity contribution in [2.45, 2.75) is 32.7 Å². The maximum Gasteiger partial charge on any atom is 0.220 e. The zero-order chi connectivity index (χ0) is 16.2. The number of amides is 1. The molecular weight excluding hydrogens is 288 g/mol. The lowest BCUT2D eigenvalue weighted by Gasteiger charge is -2.27. The Morgan fingerprint density at radius 3 is 2.87 bits per heavy atom. The molecule has 124 valence electrons. The van der Waals surface area contributed by atoms with Gasteiger partial charge in [0.2, 0.25) is 5.91 Å². The van der Waals surface area contributed by atoms with Gasteiger partial charge >= 0.3 is 0 Å². The molecule has 1 fully saturated rings. The van der Waals surface area contributed by atoms with Crippen LogP contribution in [0.25, 0.3) is 11.0 Å². The van der Waals surface area contributed by atoms with Crippen LogP contribution in [-0.2, 0) is 18.4 Å². The van der Waals surface area contributed by atoms with Crippen LogP contribution in [0.3, 0.4) is 0 Å². The molecule has 0 saturated carbocycles. The van der Waals surface area contributed by atoms with E-state index in [0.29, 0.717) is 24.8 Å². The van der Waals surface area contributed by atoms with E-state index in [4.69, 9.17) is 0 Å². The van der Waals surface area contributed by atoms with Crippen LogP contribution in [0.5, 0.6) is 0 Å². The molecule has 5 heteroatoms. The van der Waals surface area contributed by atoms with E-state index in [1.54, 1.807) is 0 Å². The molecular formula is C18H26N4O. The Morgan fingerprint density at radius 1 is 1.39 bits per heavy atom. The van der Waals surface area contributed by atoms with Crippen LogP contribution >= 0.6 is 0 Å². The average Bonchev–Trinajstić information content (AvgIpc) is 2.90. The second-order valence-corrected chi connectivity index (χ2v) is 6.62. The zero-order valence-corrected chi connectivity index (χ0v) is 14.0. The van der Waals surface area contributed by atoms with Gasteiger partial charge in [0, 0.05) is 13.5 Å². The molecule has 1 aromatic heterocycles. The molecule has 0 aliphatic carbocycles. The Balaban J connectivity index is 1.54. The van der Waals surface area contributed by atoms with E-state index < -0.39 is 0 Å². The van der Waals surface area contributed by atoms with Crippen LogP contribution in [0.15, 0.2) is 24.3 Å². The first-order valence-electron chi connectivity index (χ1n) is 8.53. The third-order valence-electron chi connectivity index (χ3n) is 5.02. The largest absolute Gasteiger partial charge is 0.349 e. The van der Waals surface area contributed by atoms with Gasteiger partial charge in [-0.2, -0.15) is 0 Å². The number of imidazole rings is 1. The molecule has 2 heterocycles. The van der Waals surface area contributed by atoms with Crippen LogP contribution in [0.1, 0.15) is 32.0 Å². The quantitative estimate of drug-likeness (QED) is 0.889. The Hall–Kier alpha value is -1.88. The summed E-state index contributed by atoms with van der Waals surface area (Å²) in [5, 5.41) is 6.41. The van der Waals surface area contributed by atoms with Crippen molar-refractivity contribution in [2.24, 2.45) is 18.9 Å². The number of nitrogens with zero attached hydrogens (tertiary/aromatic N) is 2. The van der Waals surface area contributed by atoms with Gasteiger partial charge in [-0.05, 0) is 49.9 Å². The fourth-order valence-electron chi connectivity index (χ4n) is 3.48. The Labute approximate surface area is 137 Å². The Bertz CT molecular complexity index is 673. The number of para-hydroxylation sites is 2. The lowest BCUT2D eigenvalue weighted by Crippen LogP contribution is -2.33. The number of benzene rings is 1. The van der Waals surface area contributed by atoms with Crippen molar-refractivity contribution in [3.63, 3.8) is 0 Å². The standard InChI is InChI=1S/C18H26N4O/c1-13(14-7-9-19-10-8-14)11-18(23)20-12-17-21-15-5-3-4-6-16(15)22(17)2/h3-6,13-14,19H,7-12H2,1-2H3,(H,20,23). The van der Waals surface area contributed by atoms with Crippen molar-refractivity contribution in [3.8, 4) is 0 Å². The number of piperidine rings is 1. The first-order valence-corrected chi connectivity index (χ1v) is 8.53. The maximum absolute atomic E-state index is 12.2. The van der Waals surface area contributed by atoms with Gasteiger partial charge in [0.1, 0.15) is 5.82 Å². The Kier molecular flexibility index (Phi) is 4.96. The van der Waals surface area contributed by atoms with E-state index in [1.165, 1.54) is 12.8 Å². The number of carbonyl (C=O) groups is 1. The topological polar surface area (TPSA) is 59.0 Å². The van der Waals surface area contributed by atoms with E-state index in [0.717, 1.165) is 29.9 Å². The second kappa shape index (κ2) is 7.13. The third kappa shape index (κ3) is 3.72. The van der Waals surface area contributed by atoms with E-state index >= 15 is 0 Å². The summed E-state index contributed by atoms with van der Waals surface area (Å²) < 4.78 is 2.05. The molecule has 1 aliphatic rings. The van der Waals surface area contributed by atoms with Gasteiger partial charge in [0.05, 0.1) is 17.6 Å². The summed E-state index contributed by atoms with van der Waals surface area (Å²) in [6, 6.07) is 8.04. The fraction of sp³-hybridized carbons (Fsp3) is 0.556. The molecule has 0 bridgehead atoms. The molecule has 3 rings (SSSR count). The van der Waals surface area contributed by atoms with Crippen molar-refractivity contribution in [1.82, 2.24) is 20.2 Å². The number of hydrogen-bond acceptors (Lipinski definition) is 3. The third-order valence-corrected chi connectivity index (χ3v) is 5.02. The highest BCUT2D eigenvalue weighted by atomic mass is 16.1. The summed E-state index contributed by atoms with van der Waals surface area (Å²) in [4.78, 5) is 16.8. The van der Waals surface area contributed by atoms with E-state index in [2.05, 4.69) is 22.5 Å². The zero-order valence-electron chi connectivity index (χ0n) is 14.0. The Morgan fingerprint density at radius 2 is 2.13 bits per heavy atom. The van der Waals surface area contributed by atoms with Crippen molar-refractivity contribution in [3.05, 3.63) is 30.1 Å². The summed E-state index contributed by atoms with van der Waals surface area (Å²) in [7, 11) is 1.99. The van der Waals surface area contributed by atoms with Gasteiger partial charge in [-0.25, -0.2) is 4.98 Å². The second-order valence-electron chi connectivity index (χ2n) is 6.62. The minimum absolute atomic E-state index is 0.128. The lowest BCUT2D eigenvalue weighted by atomic mass is 9.84. The van der Waals surface area contributed by atoms with Gasteiger partial charge in [-0.15, -0.1) is 0 Å². The molecule has 2 N–H and O–H groups in total. The fourth-order valence-corrected chi connectivity index (χ4v) is 3.48.